The summed E-state index contributed by atoms with van der Waals surface area (Å²) in [7, 11) is -3.27. The first-order chi connectivity index (χ1) is 14.0. The minimum Gasteiger partial charge on any atom is -0.324 e. The highest BCUT2D eigenvalue weighted by molar-refractivity contribution is 7.90. The Morgan fingerprint density at radius 3 is 2.83 bits per heavy atom. The Morgan fingerprint density at radius 2 is 2.03 bits per heavy atom. The monoisotopic (exact) mass is 439 g/mol. The first-order valence-corrected chi connectivity index (χ1v) is 12.7. The van der Waals surface area contributed by atoms with Gasteiger partial charge in [0.25, 0.3) is 0 Å². The van der Waals surface area contributed by atoms with E-state index in [2.05, 4.69) is 33.2 Å². The molecular weight excluding hydrogens is 422 g/mol. The van der Waals surface area contributed by atoms with Gasteiger partial charge in [0.1, 0.15) is 0 Å². The van der Waals surface area contributed by atoms with Gasteiger partial charge in [0, 0.05) is 39.0 Å². The summed E-state index contributed by atoms with van der Waals surface area (Å²) in [6.07, 6.45) is 5.00. The Kier molecular flexibility index (Phi) is 4.49. The fraction of sp³-hybridized carbons (Fsp3) is 0.143. The minimum absolute atomic E-state index is 0.265. The topological polar surface area (TPSA) is 72.0 Å². The highest BCUT2D eigenvalue weighted by Crippen LogP contribution is 2.42. The van der Waals surface area contributed by atoms with Crippen LogP contribution in [0.1, 0.15) is 10.4 Å². The van der Waals surface area contributed by atoms with E-state index in [1.54, 1.807) is 29.5 Å². The van der Waals surface area contributed by atoms with E-state index in [1.165, 1.54) is 27.1 Å². The summed E-state index contributed by atoms with van der Waals surface area (Å²) in [5, 5.41) is 7.41. The number of nitrogens with one attached hydrogen (secondary N) is 1. The van der Waals surface area contributed by atoms with Crippen molar-refractivity contribution in [2.24, 2.45) is 0 Å². The predicted octanol–water partition coefficient (Wildman–Crippen LogP) is 5.18. The molecule has 0 amide bonds. The molecule has 0 bridgehead atoms. The van der Waals surface area contributed by atoms with Gasteiger partial charge in [0.05, 0.1) is 10.6 Å². The van der Waals surface area contributed by atoms with Gasteiger partial charge in [0.2, 0.25) is 5.95 Å². The zero-order valence-corrected chi connectivity index (χ0v) is 18.0. The number of hydrogen-bond donors (Lipinski definition) is 1. The molecule has 5 nitrogen and oxygen atoms in total. The molecule has 1 aromatic carbocycles. The SMILES string of the molecule is CS(=O)(=O)c1cccc(Nc2ncc3c(n2)-c2cc(-c4ccsc4)sc2CC3)c1. The quantitative estimate of drug-likeness (QED) is 0.474. The lowest BCUT2D eigenvalue weighted by Gasteiger charge is -2.16. The summed E-state index contributed by atoms with van der Waals surface area (Å²) in [6, 6.07) is 11.1. The summed E-state index contributed by atoms with van der Waals surface area (Å²) >= 11 is 3.53. The number of thiophene rings is 2. The summed E-state index contributed by atoms with van der Waals surface area (Å²) < 4.78 is 23.6. The van der Waals surface area contributed by atoms with Crippen LogP contribution in [-0.4, -0.2) is 24.6 Å². The van der Waals surface area contributed by atoms with Crippen molar-refractivity contribution in [2.45, 2.75) is 17.7 Å². The van der Waals surface area contributed by atoms with Gasteiger partial charge >= 0.3 is 0 Å². The molecule has 8 heteroatoms. The number of aryl methyl sites for hydroxylation is 2. The third kappa shape index (κ3) is 3.59. The van der Waals surface area contributed by atoms with Crippen LogP contribution in [0.25, 0.3) is 21.7 Å². The number of aromatic nitrogens is 2. The van der Waals surface area contributed by atoms with Crippen LogP contribution in [0.15, 0.2) is 58.3 Å². The van der Waals surface area contributed by atoms with E-state index in [4.69, 9.17) is 4.98 Å². The lowest BCUT2D eigenvalue weighted by molar-refractivity contribution is 0.602. The van der Waals surface area contributed by atoms with E-state index in [1.807, 2.05) is 23.6 Å². The molecule has 1 aliphatic rings. The van der Waals surface area contributed by atoms with E-state index in [0.717, 1.165) is 24.1 Å². The van der Waals surface area contributed by atoms with Crippen molar-refractivity contribution in [3.8, 4) is 21.7 Å². The van der Waals surface area contributed by atoms with Crippen LogP contribution in [0.4, 0.5) is 11.6 Å². The molecule has 0 unspecified atom stereocenters. The molecule has 0 saturated heterocycles. The van der Waals surface area contributed by atoms with E-state index in [-0.39, 0.29) is 4.90 Å². The van der Waals surface area contributed by atoms with Gasteiger partial charge in [-0.3, -0.25) is 0 Å². The van der Waals surface area contributed by atoms with Gasteiger partial charge in [-0.25, -0.2) is 18.4 Å². The minimum atomic E-state index is -3.27. The lowest BCUT2D eigenvalue weighted by atomic mass is 9.96. The number of hydrogen-bond acceptors (Lipinski definition) is 7. The number of anilines is 2. The lowest BCUT2D eigenvalue weighted by Crippen LogP contribution is -2.07. The Labute approximate surface area is 177 Å². The van der Waals surface area contributed by atoms with Crippen LogP contribution in [0.3, 0.4) is 0 Å². The molecule has 0 spiro atoms. The molecule has 146 valence electrons. The molecule has 29 heavy (non-hydrogen) atoms. The van der Waals surface area contributed by atoms with Crippen LogP contribution in [0.2, 0.25) is 0 Å². The largest absolute Gasteiger partial charge is 0.324 e. The molecule has 0 fully saturated rings. The fourth-order valence-electron chi connectivity index (χ4n) is 3.43. The van der Waals surface area contributed by atoms with Crippen LogP contribution in [-0.2, 0) is 22.7 Å². The van der Waals surface area contributed by atoms with Crippen LogP contribution in [0.5, 0.6) is 0 Å². The van der Waals surface area contributed by atoms with Gasteiger partial charge in [0.15, 0.2) is 9.84 Å². The van der Waals surface area contributed by atoms with Gasteiger partial charge in [-0.2, -0.15) is 11.3 Å². The van der Waals surface area contributed by atoms with Gasteiger partial charge in [-0.05, 0) is 59.5 Å². The number of benzene rings is 1. The number of nitrogens with zero attached hydrogens (tertiary/aromatic N) is 2. The number of rotatable bonds is 4. The molecule has 0 atom stereocenters. The standard InChI is InChI=1S/C21H17N3O2S3/c1-29(25,26)16-4-2-3-15(9-16)23-21-22-11-13-5-6-18-17(20(13)24-21)10-19(28-18)14-7-8-27-12-14/h2-4,7-12H,5-6H2,1H3,(H,22,23,24). The Hall–Kier alpha value is -2.55. The highest BCUT2D eigenvalue weighted by atomic mass is 32.2. The maximum absolute atomic E-state index is 11.8. The second-order valence-electron chi connectivity index (χ2n) is 6.95. The van der Waals surface area contributed by atoms with Gasteiger partial charge in [-0.15, -0.1) is 11.3 Å². The average molecular weight is 440 g/mol. The van der Waals surface area contributed by atoms with Crippen molar-refractivity contribution < 1.29 is 8.42 Å². The Morgan fingerprint density at radius 1 is 1.14 bits per heavy atom. The van der Waals surface area contributed by atoms with E-state index in [0.29, 0.717) is 11.6 Å². The van der Waals surface area contributed by atoms with Crippen molar-refractivity contribution in [2.75, 3.05) is 11.6 Å². The second-order valence-corrected chi connectivity index (χ2v) is 10.9. The van der Waals surface area contributed by atoms with Crippen molar-refractivity contribution in [1.29, 1.82) is 0 Å². The Bertz CT molecular complexity index is 1310. The fourth-order valence-corrected chi connectivity index (χ4v) is 5.98. The average Bonchev–Trinajstić information content (AvgIpc) is 3.37. The Balaban J connectivity index is 1.50. The van der Waals surface area contributed by atoms with Crippen molar-refractivity contribution >= 4 is 44.1 Å². The third-order valence-corrected chi connectivity index (χ3v) is 7.91. The summed E-state index contributed by atoms with van der Waals surface area (Å²) in [4.78, 5) is 12.1. The van der Waals surface area contributed by atoms with Gasteiger partial charge in [-0.1, -0.05) is 6.07 Å². The first kappa shape index (κ1) is 18.5. The molecule has 1 N–H and O–H groups in total. The highest BCUT2D eigenvalue weighted by Gasteiger charge is 2.22. The zero-order chi connectivity index (χ0) is 20.0. The normalized spacial score (nSPS) is 13.0. The van der Waals surface area contributed by atoms with Crippen molar-refractivity contribution in [3.63, 3.8) is 0 Å². The van der Waals surface area contributed by atoms with E-state index in [9.17, 15) is 8.42 Å². The molecule has 3 aromatic heterocycles. The molecule has 3 heterocycles. The zero-order valence-electron chi connectivity index (χ0n) is 15.5. The smallest absolute Gasteiger partial charge is 0.227 e. The molecule has 1 aliphatic carbocycles. The molecule has 5 rings (SSSR count). The maximum atomic E-state index is 11.8. The predicted molar refractivity (Wildman–Crippen MR) is 119 cm³/mol. The van der Waals surface area contributed by atoms with E-state index >= 15 is 0 Å². The number of sulfone groups is 1. The first-order valence-electron chi connectivity index (χ1n) is 9.06. The third-order valence-electron chi connectivity index (χ3n) is 4.87. The molecular formula is C21H17N3O2S3. The second kappa shape index (κ2) is 7.05. The molecule has 0 saturated carbocycles. The molecule has 0 radical (unpaired) electrons. The van der Waals surface area contributed by atoms with Gasteiger partial charge < -0.3 is 5.32 Å². The summed E-state index contributed by atoms with van der Waals surface area (Å²) in [5.41, 5.74) is 5.17. The number of fused-ring (bicyclic) bond motifs is 3. The van der Waals surface area contributed by atoms with Crippen LogP contribution < -0.4 is 5.32 Å². The van der Waals surface area contributed by atoms with Crippen molar-refractivity contribution in [1.82, 2.24) is 9.97 Å². The van der Waals surface area contributed by atoms with Crippen LogP contribution >= 0.6 is 22.7 Å². The maximum Gasteiger partial charge on any atom is 0.227 e. The summed E-state index contributed by atoms with van der Waals surface area (Å²) in [6.45, 7) is 0. The molecule has 4 aromatic rings. The summed E-state index contributed by atoms with van der Waals surface area (Å²) in [5.74, 6) is 0.463. The van der Waals surface area contributed by atoms with Crippen LogP contribution in [0, 0.1) is 0 Å². The van der Waals surface area contributed by atoms with Crippen molar-refractivity contribution in [3.05, 3.63) is 63.8 Å². The molecule has 0 aliphatic heterocycles. The van der Waals surface area contributed by atoms with E-state index < -0.39 is 9.84 Å².